The van der Waals surface area contributed by atoms with Gasteiger partial charge in [0.2, 0.25) is 0 Å². The summed E-state index contributed by atoms with van der Waals surface area (Å²) >= 11 is 6.23. The third-order valence-corrected chi connectivity index (χ3v) is 3.56. The minimum Gasteiger partial charge on any atom is -0.485 e. The van der Waals surface area contributed by atoms with Crippen LogP contribution in [0.4, 0.5) is 5.69 Å². The molecule has 21 heavy (non-hydrogen) atoms. The highest BCUT2D eigenvalue weighted by molar-refractivity contribution is 6.31. The lowest BCUT2D eigenvalue weighted by atomic mass is 10.2. The van der Waals surface area contributed by atoms with E-state index in [1.165, 1.54) is 18.2 Å². The van der Waals surface area contributed by atoms with Gasteiger partial charge in [0.1, 0.15) is 12.4 Å². The summed E-state index contributed by atoms with van der Waals surface area (Å²) in [5.74, 6) is -0.725. The molecular weight excluding hydrogens is 294 g/mol. The highest BCUT2D eigenvalue weighted by atomic mass is 35.5. The van der Waals surface area contributed by atoms with Gasteiger partial charge in [-0.2, -0.15) is 5.10 Å². The number of benzene rings is 1. The molecule has 1 heterocycles. The number of rotatable bonds is 5. The standard InChI is InChI=1S/C14H16ClN3O3/c1-3-10-13(15)11(18(2)17-10)7-21-12-6-8(14(19)20)4-5-9(12)16/h4-6H,3,7,16H2,1-2H3,(H,19,20). The van der Waals surface area contributed by atoms with Crippen LogP contribution in [0.3, 0.4) is 0 Å². The summed E-state index contributed by atoms with van der Waals surface area (Å²) in [7, 11) is 1.78. The molecule has 3 N–H and O–H groups in total. The van der Waals surface area contributed by atoms with Gasteiger partial charge in [0, 0.05) is 7.05 Å². The smallest absolute Gasteiger partial charge is 0.335 e. The molecule has 0 aliphatic heterocycles. The Morgan fingerprint density at radius 2 is 2.24 bits per heavy atom. The van der Waals surface area contributed by atoms with Crippen molar-refractivity contribution in [1.82, 2.24) is 9.78 Å². The Morgan fingerprint density at radius 3 is 2.81 bits per heavy atom. The molecule has 1 aromatic heterocycles. The Kier molecular flexibility index (Phi) is 4.37. The van der Waals surface area contributed by atoms with Gasteiger partial charge in [-0.25, -0.2) is 4.79 Å². The van der Waals surface area contributed by atoms with Crippen LogP contribution < -0.4 is 10.5 Å². The van der Waals surface area contributed by atoms with E-state index in [9.17, 15) is 4.79 Å². The van der Waals surface area contributed by atoms with Crippen molar-refractivity contribution >= 4 is 23.3 Å². The van der Waals surface area contributed by atoms with E-state index < -0.39 is 5.97 Å². The molecular formula is C14H16ClN3O3. The summed E-state index contributed by atoms with van der Waals surface area (Å²) in [6.45, 7) is 2.13. The summed E-state index contributed by atoms with van der Waals surface area (Å²) in [6.07, 6.45) is 0.726. The second kappa shape index (κ2) is 6.05. The summed E-state index contributed by atoms with van der Waals surface area (Å²) in [4.78, 5) is 11.0. The largest absolute Gasteiger partial charge is 0.485 e. The molecule has 0 saturated carbocycles. The minimum atomic E-state index is -1.04. The van der Waals surface area contributed by atoms with Crippen molar-refractivity contribution < 1.29 is 14.6 Å². The zero-order valence-corrected chi connectivity index (χ0v) is 12.5. The quantitative estimate of drug-likeness (QED) is 0.828. The Morgan fingerprint density at radius 1 is 1.52 bits per heavy atom. The highest BCUT2D eigenvalue weighted by Gasteiger charge is 2.14. The average molecular weight is 310 g/mol. The number of hydrogen-bond donors (Lipinski definition) is 2. The maximum atomic E-state index is 11.0. The summed E-state index contributed by atoms with van der Waals surface area (Å²) in [5.41, 5.74) is 7.79. The molecule has 0 fully saturated rings. The summed E-state index contributed by atoms with van der Waals surface area (Å²) < 4.78 is 7.25. The number of hydrogen-bond acceptors (Lipinski definition) is 4. The molecule has 0 bridgehead atoms. The van der Waals surface area contributed by atoms with E-state index in [-0.39, 0.29) is 12.2 Å². The fraction of sp³-hybridized carbons (Fsp3) is 0.286. The van der Waals surface area contributed by atoms with Gasteiger partial charge in [0.15, 0.2) is 0 Å². The Labute approximate surface area is 127 Å². The first-order valence-corrected chi connectivity index (χ1v) is 6.77. The maximum absolute atomic E-state index is 11.0. The van der Waals surface area contributed by atoms with E-state index in [1.807, 2.05) is 6.92 Å². The van der Waals surface area contributed by atoms with Crippen LogP contribution in [0.1, 0.15) is 28.7 Å². The number of halogens is 1. The number of nitrogens with two attached hydrogens (primary N) is 1. The number of carboxylic acid groups (broad SMARTS) is 1. The van der Waals surface area contributed by atoms with Crippen molar-refractivity contribution in [3.05, 3.63) is 40.2 Å². The Hall–Kier alpha value is -2.21. The molecule has 0 saturated heterocycles. The topological polar surface area (TPSA) is 90.4 Å². The van der Waals surface area contributed by atoms with Crippen molar-refractivity contribution in [2.24, 2.45) is 7.05 Å². The van der Waals surface area contributed by atoms with Gasteiger partial charge in [-0.1, -0.05) is 18.5 Å². The molecule has 0 radical (unpaired) electrons. The molecule has 0 spiro atoms. The SMILES string of the molecule is CCc1nn(C)c(COc2cc(C(=O)O)ccc2N)c1Cl. The number of nitrogens with zero attached hydrogens (tertiary/aromatic N) is 2. The van der Waals surface area contributed by atoms with Crippen LogP contribution in [0.5, 0.6) is 5.75 Å². The van der Waals surface area contributed by atoms with Crippen LogP contribution >= 0.6 is 11.6 Å². The van der Waals surface area contributed by atoms with Crippen LogP contribution in [0.15, 0.2) is 18.2 Å². The lowest BCUT2D eigenvalue weighted by Crippen LogP contribution is -2.06. The van der Waals surface area contributed by atoms with E-state index in [2.05, 4.69) is 5.10 Å². The summed E-state index contributed by atoms with van der Waals surface area (Å²) in [5, 5.41) is 13.8. The number of aromatic nitrogens is 2. The first-order chi connectivity index (χ1) is 9.93. The number of anilines is 1. The van der Waals surface area contributed by atoms with Gasteiger partial charge < -0.3 is 15.6 Å². The molecule has 0 amide bonds. The van der Waals surface area contributed by atoms with Crippen molar-refractivity contribution in [1.29, 1.82) is 0 Å². The van der Waals surface area contributed by atoms with E-state index in [0.29, 0.717) is 22.2 Å². The number of aryl methyl sites for hydroxylation is 2. The van der Waals surface area contributed by atoms with Crippen molar-refractivity contribution in [2.45, 2.75) is 20.0 Å². The second-order valence-corrected chi connectivity index (χ2v) is 4.91. The fourth-order valence-electron chi connectivity index (χ4n) is 1.92. The molecule has 0 atom stereocenters. The maximum Gasteiger partial charge on any atom is 0.335 e. The van der Waals surface area contributed by atoms with Crippen molar-refractivity contribution in [3.63, 3.8) is 0 Å². The number of aromatic carboxylic acids is 1. The molecule has 6 nitrogen and oxygen atoms in total. The number of carboxylic acids is 1. The zero-order chi connectivity index (χ0) is 15.6. The van der Waals surface area contributed by atoms with Gasteiger partial charge in [0.05, 0.1) is 27.7 Å². The molecule has 1 aromatic carbocycles. The highest BCUT2D eigenvalue weighted by Crippen LogP contribution is 2.26. The minimum absolute atomic E-state index is 0.115. The van der Waals surface area contributed by atoms with Gasteiger partial charge in [-0.3, -0.25) is 4.68 Å². The monoisotopic (exact) mass is 309 g/mol. The fourth-order valence-corrected chi connectivity index (χ4v) is 2.26. The first-order valence-electron chi connectivity index (χ1n) is 6.39. The predicted molar refractivity (Wildman–Crippen MR) is 79.7 cm³/mol. The van der Waals surface area contributed by atoms with Crippen LogP contribution in [-0.4, -0.2) is 20.9 Å². The van der Waals surface area contributed by atoms with Crippen LogP contribution in [0, 0.1) is 0 Å². The first kappa shape index (κ1) is 15.2. The van der Waals surface area contributed by atoms with E-state index in [1.54, 1.807) is 11.7 Å². The number of nitrogen functional groups attached to an aromatic ring is 1. The van der Waals surface area contributed by atoms with Crippen LogP contribution in [0.25, 0.3) is 0 Å². The molecule has 0 aliphatic carbocycles. The van der Waals surface area contributed by atoms with Gasteiger partial charge in [-0.15, -0.1) is 0 Å². The molecule has 0 unspecified atom stereocenters. The Balaban J connectivity index is 2.22. The molecule has 0 aliphatic rings. The third kappa shape index (κ3) is 3.11. The van der Waals surface area contributed by atoms with Gasteiger partial charge >= 0.3 is 5.97 Å². The van der Waals surface area contributed by atoms with Crippen molar-refractivity contribution in [2.75, 3.05) is 5.73 Å². The molecule has 7 heteroatoms. The van der Waals surface area contributed by atoms with E-state index in [4.69, 9.17) is 27.2 Å². The number of ether oxygens (including phenoxy) is 1. The third-order valence-electron chi connectivity index (χ3n) is 3.13. The van der Waals surface area contributed by atoms with Gasteiger partial charge in [-0.05, 0) is 24.6 Å². The predicted octanol–water partition coefficient (Wildman–Crippen LogP) is 2.50. The normalized spacial score (nSPS) is 10.6. The average Bonchev–Trinajstić information content (AvgIpc) is 2.72. The van der Waals surface area contributed by atoms with Crippen LogP contribution in [0.2, 0.25) is 5.02 Å². The zero-order valence-electron chi connectivity index (χ0n) is 11.8. The van der Waals surface area contributed by atoms with Crippen molar-refractivity contribution in [3.8, 4) is 5.75 Å². The molecule has 2 aromatic rings. The van der Waals surface area contributed by atoms with E-state index >= 15 is 0 Å². The lowest BCUT2D eigenvalue weighted by Gasteiger charge is -2.10. The summed E-state index contributed by atoms with van der Waals surface area (Å²) in [6, 6.07) is 4.32. The second-order valence-electron chi connectivity index (χ2n) is 4.53. The van der Waals surface area contributed by atoms with Gasteiger partial charge in [0.25, 0.3) is 0 Å². The molecule has 112 valence electrons. The lowest BCUT2D eigenvalue weighted by molar-refractivity contribution is 0.0696. The number of carbonyl (C=O) groups is 1. The van der Waals surface area contributed by atoms with Crippen LogP contribution in [-0.2, 0) is 20.1 Å². The van der Waals surface area contributed by atoms with E-state index in [0.717, 1.165) is 12.1 Å². The Bertz CT molecular complexity index is 682. The molecule has 2 rings (SSSR count).